The number of rotatable bonds is 10. The molecule has 0 radical (unpaired) electrons. The number of ketones is 1. The van der Waals surface area contributed by atoms with Crippen LogP contribution in [0.4, 0.5) is 0 Å². The molecule has 0 aromatic heterocycles. The maximum atomic E-state index is 11.9. The summed E-state index contributed by atoms with van der Waals surface area (Å²) < 4.78 is 12.0. The molecule has 0 bridgehead atoms. The van der Waals surface area contributed by atoms with E-state index in [0.717, 1.165) is 18.6 Å². The van der Waals surface area contributed by atoms with Crippen LogP contribution in [0.3, 0.4) is 0 Å². The second-order valence-corrected chi connectivity index (χ2v) is 5.97. The third kappa shape index (κ3) is 4.99. The van der Waals surface area contributed by atoms with E-state index < -0.39 is 5.60 Å². The predicted octanol–water partition coefficient (Wildman–Crippen LogP) is 4.56. The van der Waals surface area contributed by atoms with Crippen molar-refractivity contribution in [3.05, 3.63) is 43.0 Å². The first kappa shape index (κ1) is 18.4. The van der Waals surface area contributed by atoms with Gasteiger partial charge in [0.25, 0.3) is 0 Å². The Hall–Kier alpha value is -1.61. The van der Waals surface area contributed by atoms with Gasteiger partial charge in [-0.05, 0) is 44.9 Å². The van der Waals surface area contributed by atoms with Crippen molar-refractivity contribution in [1.82, 2.24) is 0 Å². The molecule has 0 aliphatic heterocycles. The molecule has 22 heavy (non-hydrogen) atoms. The van der Waals surface area contributed by atoms with E-state index in [2.05, 4.69) is 20.4 Å². The molecule has 0 saturated heterocycles. The number of carbonyl (C=O) groups is 1. The molecule has 122 valence electrons. The summed E-state index contributed by atoms with van der Waals surface area (Å²) in [6.07, 6.45) is 3.55. The van der Waals surface area contributed by atoms with Gasteiger partial charge in [-0.25, -0.2) is 0 Å². The molecule has 2 atom stereocenters. The van der Waals surface area contributed by atoms with Gasteiger partial charge in [0.1, 0.15) is 17.0 Å². The number of carbonyl (C=O) groups excluding carboxylic acids is 1. The number of benzene rings is 1. The van der Waals surface area contributed by atoms with Gasteiger partial charge in [-0.2, -0.15) is 0 Å². The average molecular weight is 304 g/mol. The number of ether oxygens (including phenoxy) is 2. The summed E-state index contributed by atoms with van der Waals surface area (Å²) in [7, 11) is 0. The fourth-order valence-corrected chi connectivity index (χ4v) is 2.13. The molecule has 0 aliphatic carbocycles. The van der Waals surface area contributed by atoms with E-state index in [1.807, 2.05) is 44.2 Å². The quantitative estimate of drug-likeness (QED) is 0.594. The lowest BCUT2D eigenvalue weighted by atomic mass is 9.96. The van der Waals surface area contributed by atoms with Gasteiger partial charge in [0.05, 0.1) is 6.61 Å². The molecule has 1 rings (SSSR count). The molecule has 1 aromatic rings. The Bertz CT molecular complexity index is 483. The lowest BCUT2D eigenvalue weighted by Gasteiger charge is -2.32. The molecule has 0 N–H and O–H groups in total. The van der Waals surface area contributed by atoms with Gasteiger partial charge in [-0.3, -0.25) is 4.79 Å². The normalized spacial score (nSPS) is 16.4. The van der Waals surface area contributed by atoms with Gasteiger partial charge in [0, 0.05) is 6.42 Å². The zero-order valence-electron chi connectivity index (χ0n) is 14.2. The minimum absolute atomic E-state index is 0.0721. The molecule has 2 unspecified atom stereocenters. The summed E-state index contributed by atoms with van der Waals surface area (Å²) in [5.41, 5.74) is -1.10. The van der Waals surface area contributed by atoms with Crippen molar-refractivity contribution in [2.45, 2.75) is 58.2 Å². The Morgan fingerprint density at radius 3 is 2.32 bits per heavy atom. The van der Waals surface area contributed by atoms with Crippen LogP contribution < -0.4 is 4.74 Å². The van der Waals surface area contributed by atoms with Crippen molar-refractivity contribution >= 4 is 5.78 Å². The molecular weight excluding hydrogens is 276 g/mol. The van der Waals surface area contributed by atoms with Gasteiger partial charge >= 0.3 is 0 Å². The van der Waals surface area contributed by atoms with Crippen molar-refractivity contribution in [1.29, 1.82) is 0 Å². The molecule has 0 saturated carbocycles. The van der Waals surface area contributed by atoms with Crippen LogP contribution in [0.15, 0.2) is 43.0 Å². The van der Waals surface area contributed by atoms with E-state index in [1.165, 1.54) is 6.08 Å². The largest absolute Gasteiger partial charge is 0.488 e. The van der Waals surface area contributed by atoms with Crippen LogP contribution in [-0.4, -0.2) is 23.6 Å². The number of hydrogen-bond acceptors (Lipinski definition) is 3. The highest BCUT2D eigenvalue weighted by Gasteiger charge is 2.31. The topological polar surface area (TPSA) is 35.5 Å². The molecule has 0 amide bonds. The van der Waals surface area contributed by atoms with Crippen molar-refractivity contribution in [2.24, 2.45) is 0 Å². The Labute approximate surface area is 134 Å². The molecule has 3 nitrogen and oxygen atoms in total. The molecule has 0 spiro atoms. The third-order valence-corrected chi connectivity index (χ3v) is 4.29. The van der Waals surface area contributed by atoms with Crippen LogP contribution in [0, 0.1) is 0 Å². The summed E-state index contributed by atoms with van der Waals surface area (Å²) in [4.78, 5) is 11.9. The predicted molar refractivity (Wildman–Crippen MR) is 90.2 cm³/mol. The molecule has 0 fully saturated rings. The van der Waals surface area contributed by atoms with Crippen LogP contribution in [0.2, 0.25) is 0 Å². The van der Waals surface area contributed by atoms with Crippen LogP contribution in [0.25, 0.3) is 0 Å². The molecular formula is C19H28O3. The molecule has 0 heterocycles. The van der Waals surface area contributed by atoms with Gasteiger partial charge in [0.15, 0.2) is 5.78 Å². The lowest BCUT2D eigenvalue weighted by molar-refractivity contribution is -0.139. The highest BCUT2D eigenvalue weighted by molar-refractivity contribution is 5.96. The summed E-state index contributed by atoms with van der Waals surface area (Å²) in [5, 5.41) is 0. The van der Waals surface area contributed by atoms with Gasteiger partial charge in [-0.15, -0.1) is 0 Å². The van der Waals surface area contributed by atoms with E-state index in [4.69, 9.17) is 9.47 Å². The fraction of sp³-hybridized carbons (Fsp3) is 0.526. The monoisotopic (exact) mass is 304 g/mol. The average Bonchev–Trinajstić information content (AvgIpc) is 2.54. The van der Waals surface area contributed by atoms with Crippen molar-refractivity contribution in [3.8, 4) is 5.75 Å². The minimum atomic E-state index is -0.789. The standard InChI is InChI=1S/C19H28O3/c1-6-17(20)19(5,8-3)21-15-14-18(4,7-2)22-16-12-10-9-11-13-16/h6,9-13H,1,7-8,14-15H2,2-5H3. The van der Waals surface area contributed by atoms with Crippen LogP contribution in [0.1, 0.15) is 47.0 Å². The highest BCUT2D eigenvalue weighted by atomic mass is 16.5. The Morgan fingerprint density at radius 1 is 1.18 bits per heavy atom. The Morgan fingerprint density at radius 2 is 1.82 bits per heavy atom. The first-order chi connectivity index (χ1) is 10.4. The lowest BCUT2D eigenvalue weighted by Crippen LogP contribution is -2.39. The smallest absolute Gasteiger partial charge is 0.186 e. The molecule has 1 aromatic carbocycles. The summed E-state index contributed by atoms with van der Waals surface area (Å²) >= 11 is 0. The number of hydrogen-bond donors (Lipinski definition) is 0. The second kappa shape index (κ2) is 8.14. The molecule has 3 heteroatoms. The third-order valence-electron chi connectivity index (χ3n) is 4.29. The van der Waals surface area contributed by atoms with E-state index in [9.17, 15) is 4.79 Å². The van der Waals surface area contributed by atoms with Crippen molar-refractivity contribution in [2.75, 3.05) is 6.61 Å². The van der Waals surface area contributed by atoms with Gasteiger partial charge < -0.3 is 9.47 Å². The molecule has 0 aliphatic rings. The van der Waals surface area contributed by atoms with E-state index >= 15 is 0 Å². The summed E-state index contributed by atoms with van der Waals surface area (Å²) in [5.74, 6) is 0.782. The first-order valence-electron chi connectivity index (χ1n) is 7.94. The van der Waals surface area contributed by atoms with E-state index in [0.29, 0.717) is 13.0 Å². The van der Waals surface area contributed by atoms with Crippen molar-refractivity contribution in [3.63, 3.8) is 0 Å². The maximum Gasteiger partial charge on any atom is 0.186 e. The number of para-hydroxylation sites is 1. The summed E-state index contributed by atoms with van der Waals surface area (Å²) in [6, 6.07) is 9.78. The van der Waals surface area contributed by atoms with Crippen LogP contribution in [0.5, 0.6) is 5.75 Å². The van der Waals surface area contributed by atoms with E-state index in [1.54, 1.807) is 0 Å². The Kier molecular flexibility index (Phi) is 6.82. The zero-order chi connectivity index (χ0) is 16.6. The van der Waals surface area contributed by atoms with Crippen LogP contribution >= 0.6 is 0 Å². The highest BCUT2D eigenvalue weighted by Crippen LogP contribution is 2.26. The van der Waals surface area contributed by atoms with E-state index in [-0.39, 0.29) is 11.4 Å². The van der Waals surface area contributed by atoms with Crippen LogP contribution in [-0.2, 0) is 9.53 Å². The zero-order valence-corrected chi connectivity index (χ0v) is 14.2. The van der Waals surface area contributed by atoms with Gasteiger partial charge in [0.2, 0.25) is 0 Å². The fourth-order valence-electron chi connectivity index (χ4n) is 2.13. The van der Waals surface area contributed by atoms with Crippen molar-refractivity contribution < 1.29 is 14.3 Å². The SMILES string of the molecule is C=CC(=O)C(C)(CC)OCCC(C)(CC)Oc1ccccc1. The summed E-state index contributed by atoms with van der Waals surface area (Å²) in [6.45, 7) is 12.0. The minimum Gasteiger partial charge on any atom is -0.488 e. The second-order valence-electron chi connectivity index (χ2n) is 5.97. The maximum absolute atomic E-state index is 11.9. The Balaban J connectivity index is 2.63. The first-order valence-corrected chi connectivity index (χ1v) is 7.94. The van der Waals surface area contributed by atoms with Gasteiger partial charge in [-0.1, -0.05) is 38.6 Å².